The third kappa shape index (κ3) is 2.58. The van der Waals surface area contributed by atoms with E-state index >= 15 is 0 Å². The average Bonchev–Trinajstić information content (AvgIpc) is 2.37. The van der Waals surface area contributed by atoms with Gasteiger partial charge >= 0.3 is 0 Å². The number of aliphatic hydroxyl groups excluding tert-OH is 1. The molecule has 0 amide bonds. The van der Waals surface area contributed by atoms with Crippen LogP contribution in [0.1, 0.15) is 24.2 Å². The van der Waals surface area contributed by atoms with Crippen molar-refractivity contribution in [2.24, 2.45) is 0 Å². The molecule has 0 saturated carbocycles. The molecule has 0 aliphatic rings. The minimum atomic E-state index is -0.965. The van der Waals surface area contributed by atoms with E-state index in [9.17, 15) is 9.50 Å². The van der Waals surface area contributed by atoms with Crippen LogP contribution in [0, 0.1) is 17.1 Å². The van der Waals surface area contributed by atoms with E-state index in [2.05, 4.69) is 4.98 Å². The molecule has 0 radical (unpaired) electrons. The summed E-state index contributed by atoms with van der Waals surface area (Å²) in [5.41, 5.74) is 1.57. The quantitative estimate of drug-likeness (QED) is 0.914. The highest BCUT2D eigenvalue weighted by atomic mass is 35.5. The van der Waals surface area contributed by atoms with Crippen LogP contribution in [0.3, 0.4) is 0 Å². The van der Waals surface area contributed by atoms with Crippen LogP contribution in [-0.2, 0) is 0 Å². The van der Waals surface area contributed by atoms with Gasteiger partial charge in [0.2, 0.25) is 0 Å². The second-order valence-electron chi connectivity index (χ2n) is 4.06. The SMILES string of the molecule is C[C@H](O)c1c(F)cncc1-c1ccc(C#N)c(Cl)c1. The van der Waals surface area contributed by atoms with Gasteiger partial charge < -0.3 is 5.11 Å². The predicted molar refractivity (Wildman–Crippen MR) is 70.0 cm³/mol. The zero-order chi connectivity index (χ0) is 14.0. The second-order valence-corrected chi connectivity index (χ2v) is 4.47. The molecule has 0 saturated heterocycles. The molecular weight excluding hydrogens is 267 g/mol. The minimum Gasteiger partial charge on any atom is -0.389 e. The highest BCUT2D eigenvalue weighted by molar-refractivity contribution is 6.32. The number of aliphatic hydroxyl groups is 1. The predicted octanol–water partition coefficient (Wildman–Crippen LogP) is 3.47. The van der Waals surface area contributed by atoms with Gasteiger partial charge in [-0.3, -0.25) is 4.98 Å². The summed E-state index contributed by atoms with van der Waals surface area (Å²) in [4.78, 5) is 3.78. The van der Waals surface area contributed by atoms with Gasteiger partial charge in [0.05, 0.1) is 22.9 Å². The number of hydrogen-bond acceptors (Lipinski definition) is 3. The summed E-state index contributed by atoms with van der Waals surface area (Å²) in [5, 5.41) is 18.8. The molecule has 1 heterocycles. The van der Waals surface area contributed by atoms with Crippen LogP contribution in [0.15, 0.2) is 30.6 Å². The number of nitrogens with zero attached hydrogens (tertiary/aromatic N) is 2. The van der Waals surface area contributed by atoms with Crippen LogP contribution in [0.2, 0.25) is 5.02 Å². The monoisotopic (exact) mass is 276 g/mol. The van der Waals surface area contributed by atoms with Crippen molar-refractivity contribution in [3.63, 3.8) is 0 Å². The molecule has 19 heavy (non-hydrogen) atoms. The lowest BCUT2D eigenvalue weighted by molar-refractivity contribution is 0.194. The molecule has 5 heteroatoms. The van der Waals surface area contributed by atoms with E-state index in [1.54, 1.807) is 18.2 Å². The zero-order valence-corrected chi connectivity index (χ0v) is 10.8. The maximum atomic E-state index is 13.7. The number of nitriles is 1. The Morgan fingerprint density at radius 1 is 1.42 bits per heavy atom. The normalized spacial score (nSPS) is 11.9. The Kier molecular flexibility index (Phi) is 3.79. The Morgan fingerprint density at radius 2 is 2.16 bits per heavy atom. The number of aromatic nitrogens is 1. The molecule has 2 rings (SSSR count). The third-order valence-corrected chi connectivity index (χ3v) is 3.07. The van der Waals surface area contributed by atoms with Crippen LogP contribution in [0.25, 0.3) is 11.1 Å². The van der Waals surface area contributed by atoms with E-state index in [1.807, 2.05) is 6.07 Å². The van der Waals surface area contributed by atoms with Crippen LogP contribution in [-0.4, -0.2) is 10.1 Å². The van der Waals surface area contributed by atoms with E-state index in [4.69, 9.17) is 16.9 Å². The van der Waals surface area contributed by atoms with Crippen molar-refractivity contribution >= 4 is 11.6 Å². The molecule has 0 bridgehead atoms. The fourth-order valence-corrected chi connectivity index (χ4v) is 2.10. The van der Waals surface area contributed by atoms with E-state index in [0.29, 0.717) is 16.7 Å². The Balaban J connectivity index is 2.63. The number of rotatable bonds is 2. The van der Waals surface area contributed by atoms with Gasteiger partial charge in [-0.1, -0.05) is 17.7 Å². The maximum absolute atomic E-state index is 13.7. The first kappa shape index (κ1) is 13.5. The van der Waals surface area contributed by atoms with Gasteiger partial charge in [0.25, 0.3) is 0 Å². The number of hydrogen-bond donors (Lipinski definition) is 1. The highest BCUT2D eigenvalue weighted by Crippen LogP contribution is 2.31. The topological polar surface area (TPSA) is 56.9 Å². The average molecular weight is 277 g/mol. The van der Waals surface area contributed by atoms with Crippen molar-refractivity contribution in [2.45, 2.75) is 13.0 Å². The molecule has 1 atom stereocenters. The molecule has 96 valence electrons. The molecule has 0 unspecified atom stereocenters. The van der Waals surface area contributed by atoms with Crippen LogP contribution in [0.5, 0.6) is 0 Å². The molecule has 1 aromatic carbocycles. The van der Waals surface area contributed by atoms with E-state index in [1.165, 1.54) is 13.1 Å². The first-order chi connectivity index (χ1) is 9.04. The second kappa shape index (κ2) is 5.35. The smallest absolute Gasteiger partial charge is 0.147 e. The van der Waals surface area contributed by atoms with E-state index < -0.39 is 11.9 Å². The summed E-state index contributed by atoms with van der Waals surface area (Å²) >= 11 is 5.95. The Labute approximate surface area is 114 Å². The van der Waals surface area contributed by atoms with Gasteiger partial charge in [-0.05, 0) is 24.6 Å². The molecule has 1 aromatic heterocycles. The Hall–Kier alpha value is -1.96. The van der Waals surface area contributed by atoms with Crippen LogP contribution < -0.4 is 0 Å². The van der Waals surface area contributed by atoms with Gasteiger partial charge in [-0.2, -0.15) is 5.26 Å². The van der Waals surface area contributed by atoms with Crippen molar-refractivity contribution in [3.05, 3.63) is 52.6 Å². The van der Waals surface area contributed by atoms with Gasteiger partial charge in [-0.25, -0.2) is 4.39 Å². The van der Waals surface area contributed by atoms with Gasteiger partial charge in [0, 0.05) is 17.3 Å². The zero-order valence-electron chi connectivity index (χ0n) is 10.1. The summed E-state index contributed by atoms with van der Waals surface area (Å²) in [5.74, 6) is -0.576. The lowest BCUT2D eigenvalue weighted by Gasteiger charge is -2.13. The van der Waals surface area contributed by atoms with Crippen LogP contribution >= 0.6 is 11.6 Å². The highest BCUT2D eigenvalue weighted by Gasteiger charge is 2.16. The Bertz CT molecular complexity index is 665. The van der Waals surface area contributed by atoms with Crippen molar-refractivity contribution in [3.8, 4) is 17.2 Å². The molecule has 1 N–H and O–H groups in total. The van der Waals surface area contributed by atoms with Crippen molar-refractivity contribution < 1.29 is 9.50 Å². The van der Waals surface area contributed by atoms with Gasteiger partial charge in [-0.15, -0.1) is 0 Å². The standard InChI is InChI=1S/C14H10ClFN2O/c1-8(19)14-11(6-18-7-13(14)16)9-2-3-10(5-17)12(15)4-9/h2-4,6-8,19H,1H3/t8-/m0/s1. The first-order valence-electron chi connectivity index (χ1n) is 5.56. The number of halogens is 2. The van der Waals surface area contributed by atoms with E-state index in [0.717, 1.165) is 6.20 Å². The summed E-state index contributed by atoms with van der Waals surface area (Å²) in [6.07, 6.45) is 1.55. The van der Waals surface area contributed by atoms with Crippen LogP contribution in [0.4, 0.5) is 4.39 Å². The molecule has 0 fully saturated rings. The van der Waals surface area contributed by atoms with Crippen molar-refractivity contribution in [1.82, 2.24) is 4.98 Å². The Morgan fingerprint density at radius 3 is 2.74 bits per heavy atom. The lowest BCUT2D eigenvalue weighted by Crippen LogP contribution is -2.00. The largest absolute Gasteiger partial charge is 0.389 e. The van der Waals surface area contributed by atoms with Crippen molar-refractivity contribution in [2.75, 3.05) is 0 Å². The summed E-state index contributed by atoms with van der Waals surface area (Å²) in [6, 6.07) is 6.71. The maximum Gasteiger partial charge on any atom is 0.147 e. The summed E-state index contributed by atoms with van der Waals surface area (Å²) in [7, 11) is 0. The molecule has 0 spiro atoms. The number of pyridine rings is 1. The lowest BCUT2D eigenvalue weighted by atomic mass is 9.98. The molecule has 0 aliphatic heterocycles. The molecule has 0 aliphatic carbocycles. The first-order valence-corrected chi connectivity index (χ1v) is 5.94. The molecule has 2 aromatic rings. The van der Waals surface area contributed by atoms with Crippen molar-refractivity contribution in [1.29, 1.82) is 5.26 Å². The fraction of sp³-hybridized carbons (Fsp3) is 0.143. The van der Waals surface area contributed by atoms with E-state index in [-0.39, 0.29) is 10.6 Å². The molecular formula is C14H10ClFN2O. The summed E-state index contributed by atoms with van der Waals surface area (Å²) in [6.45, 7) is 1.48. The third-order valence-electron chi connectivity index (χ3n) is 2.76. The van der Waals surface area contributed by atoms with Gasteiger partial charge in [0.15, 0.2) is 0 Å². The summed E-state index contributed by atoms with van der Waals surface area (Å²) < 4.78 is 13.7. The molecule has 3 nitrogen and oxygen atoms in total. The number of benzene rings is 1. The van der Waals surface area contributed by atoms with Gasteiger partial charge in [0.1, 0.15) is 11.9 Å². The minimum absolute atomic E-state index is 0.163. The fourth-order valence-electron chi connectivity index (χ4n) is 1.87.